The molecule has 0 N–H and O–H groups in total. The van der Waals surface area contributed by atoms with E-state index in [9.17, 15) is 9.59 Å². The van der Waals surface area contributed by atoms with Gasteiger partial charge in [0.25, 0.3) is 0 Å². The largest absolute Gasteiger partial charge is 0.465 e. The van der Waals surface area contributed by atoms with Gasteiger partial charge in [0.15, 0.2) is 0 Å². The van der Waals surface area contributed by atoms with E-state index in [-0.39, 0.29) is 11.9 Å². The molecule has 0 radical (unpaired) electrons. The number of carbonyl (C=O) groups is 2. The molecule has 0 fully saturated rings. The molecule has 46 heavy (non-hydrogen) atoms. The lowest BCUT2D eigenvalue weighted by Crippen LogP contribution is -2.12. The Morgan fingerprint density at radius 1 is 0.500 bits per heavy atom. The lowest BCUT2D eigenvalue weighted by Gasteiger charge is -2.17. The van der Waals surface area contributed by atoms with Crippen LogP contribution >= 0.6 is 0 Å². The van der Waals surface area contributed by atoms with Crippen LogP contribution in [0.1, 0.15) is 146 Å². The van der Waals surface area contributed by atoms with Crippen LogP contribution < -0.4 is 0 Å². The third kappa shape index (κ3) is 8.80. The fraction of sp³-hybridized carbons (Fsp3) is 0.564. The summed E-state index contributed by atoms with van der Waals surface area (Å²) in [5, 5.41) is 0. The number of ether oxygens (including phenoxy) is 2. The summed E-state index contributed by atoms with van der Waals surface area (Å²) in [6.45, 7) is 0. The van der Waals surface area contributed by atoms with Crippen LogP contribution in [-0.4, -0.2) is 41.1 Å². The van der Waals surface area contributed by atoms with Crippen molar-refractivity contribution in [2.45, 2.75) is 128 Å². The first-order chi connectivity index (χ1) is 22.6. The number of aryl methyl sites for hydroxylation is 4. The van der Waals surface area contributed by atoms with E-state index < -0.39 is 0 Å². The highest BCUT2D eigenvalue weighted by atomic mass is 16.5. The summed E-state index contributed by atoms with van der Waals surface area (Å²) in [5.41, 5.74) is 8.08. The summed E-state index contributed by atoms with van der Waals surface area (Å²) in [5.74, 6) is -0.647. The van der Waals surface area contributed by atoms with Gasteiger partial charge in [0.05, 0.1) is 59.5 Å². The van der Waals surface area contributed by atoms with Gasteiger partial charge >= 0.3 is 11.9 Å². The van der Waals surface area contributed by atoms with Gasteiger partial charge in [-0.3, -0.25) is 9.97 Å². The van der Waals surface area contributed by atoms with Crippen molar-refractivity contribution in [3.8, 4) is 22.8 Å². The highest BCUT2D eigenvalue weighted by Crippen LogP contribution is 2.31. The number of hydrogen-bond donors (Lipinski definition) is 0. The first-order valence-electron chi connectivity index (χ1n) is 17.8. The average Bonchev–Trinajstić information content (AvgIpc) is 3.09. The summed E-state index contributed by atoms with van der Waals surface area (Å²) in [6, 6.07) is 10.1. The maximum atomic E-state index is 12.9. The predicted molar refractivity (Wildman–Crippen MR) is 182 cm³/mol. The molecule has 4 bridgehead atoms. The average molecular weight is 626 g/mol. The number of aromatic nitrogens is 3. The van der Waals surface area contributed by atoms with Crippen molar-refractivity contribution >= 4 is 11.9 Å². The topological polar surface area (TPSA) is 91.3 Å². The van der Waals surface area contributed by atoms with Gasteiger partial charge < -0.3 is 9.47 Å². The molecule has 0 saturated carbocycles. The van der Waals surface area contributed by atoms with Crippen LogP contribution in [-0.2, 0) is 35.2 Å². The monoisotopic (exact) mass is 625 g/mol. The van der Waals surface area contributed by atoms with Crippen molar-refractivity contribution in [1.29, 1.82) is 0 Å². The molecule has 7 nitrogen and oxygen atoms in total. The summed E-state index contributed by atoms with van der Waals surface area (Å²) in [7, 11) is 2.89. The Hall–Kier alpha value is -3.61. The molecular formula is C39H51N3O4. The van der Waals surface area contributed by atoms with E-state index in [0.29, 0.717) is 11.1 Å². The Morgan fingerprint density at radius 2 is 0.848 bits per heavy atom. The molecule has 0 aromatic carbocycles. The highest BCUT2D eigenvalue weighted by Gasteiger charge is 2.22. The second kappa shape index (κ2) is 17.3. The zero-order chi connectivity index (χ0) is 32.1. The van der Waals surface area contributed by atoms with Gasteiger partial charge in [-0.1, -0.05) is 83.1 Å². The number of fused-ring (bicyclic) bond motifs is 22. The van der Waals surface area contributed by atoms with E-state index in [0.717, 1.165) is 122 Å². The molecule has 3 aromatic rings. The van der Waals surface area contributed by atoms with E-state index in [1.54, 1.807) is 0 Å². The summed E-state index contributed by atoms with van der Waals surface area (Å²) >= 11 is 0. The molecule has 0 unspecified atom stereocenters. The zero-order valence-electron chi connectivity index (χ0n) is 28.0. The quantitative estimate of drug-likeness (QED) is 0.267. The van der Waals surface area contributed by atoms with Crippen LogP contribution in [0.15, 0.2) is 30.3 Å². The molecule has 0 spiro atoms. The molecule has 3 aromatic heterocycles. The lowest BCUT2D eigenvalue weighted by atomic mass is 9.95. The molecule has 5 heterocycles. The smallest absolute Gasteiger partial charge is 0.339 e. The molecule has 2 aliphatic carbocycles. The number of hydrogen-bond acceptors (Lipinski definition) is 7. The van der Waals surface area contributed by atoms with Crippen molar-refractivity contribution in [3.63, 3.8) is 0 Å². The maximum Gasteiger partial charge on any atom is 0.339 e. The first kappa shape index (κ1) is 33.7. The molecular weight excluding hydrogens is 574 g/mol. The fourth-order valence-corrected chi connectivity index (χ4v) is 7.00. The molecule has 4 aliphatic rings. The normalized spacial score (nSPS) is 17.1. The van der Waals surface area contributed by atoms with Gasteiger partial charge in [-0.2, -0.15) is 0 Å². The van der Waals surface area contributed by atoms with Crippen molar-refractivity contribution in [1.82, 2.24) is 15.0 Å². The van der Waals surface area contributed by atoms with Gasteiger partial charge in [-0.25, -0.2) is 14.6 Å². The third-order valence-corrected chi connectivity index (χ3v) is 9.63. The van der Waals surface area contributed by atoms with Crippen LogP contribution in [0, 0.1) is 0 Å². The number of pyridine rings is 3. The highest BCUT2D eigenvalue weighted by molar-refractivity contribution is 5.92. The van der Waals surface area contributed by atoms with Gasteiger partial charge in [0.1, 0.15) is 0 Å². The Balaban J connectivity index is 1.60. The van der Waals surface area contributed by atoms with Crippen LogP contribution in [0.3, 0.4) is 0 Å². The molecule has 0 saturated heterocycles. The molecule has 7 heteroatoms. The van der Waals surface area contributed by atoms with Crippen molar-refractivity contribution < 1.29 is 19.1 Å². The fourth-order valence-electron chi connectivity index (χ4n) is 7.00. The van der Waals surface area contributed by atoms with E-state index >= 15 is 0 Å². The Labute approximate surface area is 275 Å². The number of esters is 2. The minimum Gasteiger partial charge on any atom is -0.465 e. The Morgan fingerprint density at radius 3 is 1.22 bits per heavy atom. The number of nitrogens with zero attached hydrogens (tertiary/aromatic N) is 3. The summed E-state index contributed by atoms with van der Waals surface area (Å²) < 4.78 is 10.4. The second-order valence-corrected chi connectivity index (χ2v) is 13.0. The van der Waals surface area contributed by atoms with Crippen molar-refractivity contribution in [2.75, 3.05) is 14.2 Å². The molecule has 0 atom stereocenters. The number of methoxy groups -OCH3 is 2. The number of carbonyl (C=O) groups excluding carboxylic acids is 2. The number of rotatable bonds is 4. The third-order valence-electron chi connectivity index (χ3n) is 9.63. The van der Waals surface area contributed by atoms with Crippen LogP contribution in [0.4, 0.5) is 0 Å². The van der Waals surface area contributed by atoms with Crippen LogP contribution in [0.5, 0.6) is 0 Å². The van der Waals surface area contributed by atoms with Crippen LogP contribution in [0.2, 0.25) is 0 Å². The SMILES string of the molecule is COC(=O)c1cc2c(-c3cccc(-c4nc5c(C(=O)OC)cc4CCCCCCCCCC5)n3)nc1CCCCCCCCCC2. The van der Waals surface area contributed by atoms with E-state index in [2.05, 4.69) is 0 Å². The second-order valence-electron chi connectivity index (χ2n) is 13.0. The van der Waals surface area contributed by atoms with E-state index in [1.165, 1.54) is 65.6 Å². The van der Waals surface area contributed by atoms with E-state index in [1.807, 2.05) is 30.3 Å². The molecule has 7 rings (SSSR count). The maximum absolute atomic E-state index is 12.9. The standard InChI is InChI=1S/C39H51N3O4/c1-45-38(43)30-26-28-20-15-11-7-3-5-9-13-17-22-32(30)41-36(28)34-24-19-25-35(40-34)37-29-21-16-12-8-4-6-10-14-18-23-33(42-37)31(27-29)39(44)46-2/h19,24-27H,3-18,20-23H2,1-2H3. The van der Waals surface area contributed by atoms with Gasteiger partial charge in [0.2, 0.25) is 0 Å². The van der Waals surface area contributed by atoms with Gasteiger partial charge in [-0.15, -0.1) is 0 Å². The van der Waals surface area contributed by atoms with E-state index in [4.69, 9.17) is 24.4 Å². The minimum absolute atomic E-state index is 0.323. The summed E-state index contributed by atoms with van der Waals surface area (Å²) in [6.07, 6.45) is 21.8. The van der Waals surface area contributed by atoms with Crippen LogP contribution in [0.25, 0.3) is 22.8 Å². The molecule has 2 aliphatic heterocycles. The predicted octanol–water partition coefficient (Wildman–Crippen LogP) is 9.22. The Kier molecular flexibility index (Phi) is 12.7. The minimum atomic E-state index is -0.323. The van der Waals surface area contributed by atoms with Crippen molar-refractivity contribution in [2.24, 2.45) is 0 Å². The molecule has 246 valence electrons. The zero-order valence-corrected chi connectivity index (χ0v) is 28.0. The van der Waals surface area contributed by atoms with Gasteiger partial charge in [0, 0.05) is 0 Å². The van der Waals surface area contributed by atoms with Gasteiger partial charge in [-0.05, 0) is 86.8 Å². The first-order valence-corrected chi connectivity index (χ1v) is 17.8. The lowest BCUT2D eigenvalue weighted by molar-refractivity contribution is 0.0589. The summed E-state index contributed by atoms with van der Waals surface area (Å²) in [4.78, 5) is 41.4. The Bertz CT molecular complexity index is 1380. The molecule has 0 amide bonds. The van der Waals surface area contributed by atoms with Crippen molar-refractivity contribution in [3.05, 3.63) is 64.0 Å².